The van der Waals surface area contributed by atoms with Crippen LogP contribution in [0.2, 0.25) is 0 Å². The summed E-state index contributed by atoms with van der Waals surface area (Å²) in [5.74, 6) is 0. The van der Waals surface area contributed by atoms with Gasteiger partial charge in [-0.1, -0.05) is 0 Å². The third-order valence-corrected chi connectivity index (χ3v) is 2.28. The van der Waals surface area contributed by atoms with E-state index in [-0.39, 0.29) is 0 Å². The van der Waals surface area contributed by atoms with Crippen LogP contribution in [0.25, 0.3) is 0 Å². The lowest BCUT2D eigenvalue weighted by atomic mass is 10.2. The van der Waals surface area contributed by atoms with Gasteiger partial charge in [-0.3, -0.25) is 24.4 Å². The molecule has 0 N–H and O–H groups in total. The zero-order valence-electron chi connectivity index (χ0n) is 7.78. The van der Waals surface area contributed by atoms with E-state index in [0.717, 1.165) is 7.11 Å². The summed E-state index contributed by atoms with van der Waals surface area (Å²) >= 11 is 0. The van der Waals surface area contributed by atoms with Gasteiger partial charge in [-0.25, -0.2) is 4.18 Å². The molecule has 0 heterocycles. The number of nitrogens with zero attached hydrogens (tertiary/aromatic N) is 2. The van der Waals surface area contributed by atoms with Gasteiger partial charge in [-0.15, -0.1) is 0 Å². The maximum absolute atomic E-state index is 10.6. The lowest BCUT2D eigenvalue weighted by molar-refractivity contribution is -0.792. The van der Waals surface area contributed by atoms with Crippen LogP contribution >= 0.6 is 0 Å². The van der Waals surface area contributed by atoms with Crippen LogP contribution in [0.3, 0.4) is 0 Å². The average Bonchev–Trinajstić information content (AvgIpc) is 2.13. The summed E-state index contributed by atoms with van der Waals surface area (Å²) in [5, 5.41) is 20.6. The molecule has 10 nitrogen and oxygen atoms in total. The smallest absolute Gasteiger partial charge is 0.258 e. The first-order chi connectivity index (χ1) is 6.65. The Hall–Kier alpha value is -1.33. The molecule has 0 aliphatic heterocycles. The first kappa shape index (κ1) is 13.7. The first-order valence-corrected chi connectivity index (χ1v) is 4.73. The minimum absolute atomic E-state index is 0.623. The third-order valence-electron chi connectivity index (χ3n) is 1.47. The Labute approximate surface area is 84.4 Å². The molecule has 0 aliphatic rings. The van der Waals surface area contributed by atoms with Crippen LogP contribution in [-0.4, -0.2) is 37.6 Å². The predicted octanol–water partition coefficient (Wildman–Crippen LogP) is -0.836. The molecule has 0 bridgehead atoms. The Morgan fingerprint density at radius 1 is 1.27 bits per heavy atom. The number of rotatable bonds is 6. The average molecular weight is 244 g/mol. The summed E-state index contributed by atoms with van der Waals surface area (Å²) in [5.41, 5.74) is -2.73. The van der Waals surface area contributed by atoms with Crippen molar-refractivity contribution in [3.05, 3.63) is 20.2 Å². The number of nitro groups is 2. The van der Waals surface area contributed by atoms with E-state index in [1.54, 1.807) is 0 Å². The van der Waals surface area contributed by atoms with E-state index in [4.69, 9.17) is 0 Å². The molecule has 0 amide bonds. The zero-order chi connectivity index (χ0) is 12.3. The Morgan fingerprint density at radius 3 is 1.93 bits per heavy atom. The van der Waals surface area contributed by atoms with Crippen molar-refractivity contribution >= 4 is 10.4 Å². The molecule has 0 saturated heterocycles. The topological polar surface area (TPSA) is 139 Å². The van der Waals surface area contributed by atoms with E-state index >= 15 is 0 Å². The van der Waals surface area contributed by atoms with Crippen LogP contribution in [-0.2, 0) is 18.8 Å². The van der Waals surface area contributed by atoms with Gasteiger partial charge in [0.1, 0.15) is 9.85 Å². The quantitative estimate of drug-likeness (QED) is 0.335. The fourth-order valence-electron chi connectivity index (χ4n) is 0.404. The lowest BCUT2D eigenvalue weighted by Crippen LogP contribution is -2.47. The van der Waals surface area contributed by atoms with E-state index in [1.807, 2.05) is 0 Å². The summed E-state index contributed by atoms with van der Waals surface area (Å²) in [6.07, 6.45) is 0. The SMILES string of the molecule is COS(=O)(=O)OCC(C)([N+](=O)[O-])[N+](=O)[O-]. The zero-order valence-corrected chi connectivity index (χ0v) is 8.59. The summed E-state index contributed by atoms with van der Waals surface area (Å²) < 4.78 is 28.9. The van der Waals surface area contributed by atoms with Crippen molar-refractivity contribution in [2.45, 2.75) is 12.6 Å². The van der Waals surface area contributed by atoms with Crippen LogP contribution < -0.4 is 0 Å². The fourth-order valence-corrected chi connectivity index (χ4v) is 0.868. The first-order valence-electron chi connectivity index (χ1n) is 3.39. The van der Waals surface area contributed by atoms with Crippen LogP contribution in [0.1, 0.15) is 6.92 Å². The third kappa shape index (κ3) is 3.38. The van der Waals surface area contributed by atoms with Gasteiger partial charge in [0, 0.05) is 0 Å². The van der Waals surface area contributed by atoms with Crippen molar-refractivity contribution in [2.24, 2.45) is 0 Å². The second-order valence-electron chi connectivity index (χ2n) is 2.57. The Morgan fingerprint density at radius 2 is 1.67 bits per heavy atom. The van der Waals surface area contributed by atoms with Crippen molar-refractivity contribution in [1.29, 1.82) is 0 Å². The van der Waals surface area contributed by atoms with Gasteiger partial charge in [-0.2, -0.15) is 8.42 Å². The van der Waals surface area contributed by atoms with Gasteiger partial charge in [-0.05, 0) is 0 Å². The molecule has 0 aromatic heterocycles. The van der Waals surface area contributed by atoms with Crippen LogP contribution in [0.4, 0.5) is 0 Å². The van der Waals surface area contributed by atoms with Gasteiger partial charge in [0.05, 0.1) is 14.0 Å². The second-order valence-corrected chi connectivity index (χ2v) is 3.95. The molecule has 0 unspecified atom stereocenters. The molecule has 0 aromatic rings. The summed E-state index contributed by atoms with van der Waals surface area (Å²) in [6.45, 7) is -0.624. The molecule has 0 atom stereocenters. The van der Waals surface area contributed by atoms with Gasteiger partial charge < -0.3 is 0 Å². The maximum Gasteiger partial charge on any atom is 0.479 e. The number of hydrogen-bond acceptors (Lipinski definition) is 8. The molecule has 0 radical (unpaired) electrons. The van der Waals surface area contributed by atoms with E-state index in [1.165, 1.54) is 0 Å². The fraction of sp³-hybridized carbons (Fsp3) is 1.00. The van der Waals surface area contributed by atoms with Crippen molar-refractivity contribution in [3.8, 4) is 0 Å². The summed E-state index contributed by atoms with van der Waals surface area (Å²) in [7, 11) is -3.67. The Balaban J connectivity index is 4.75. The lowest BCUT2D eigenvalue weighted by Gasteiger charge is -2.11. The van der Waals surface area contributed by atoms with Crippen molar-refractivity contribution in [2.75, 3.05) is 13.7 Å². The van der Waals surface area contributed by atoms with Gasteiger partial charge in [0.25, 0.3) is 0 Å². The standard InChI is InChI=1S/C4H8N2O8S/c1-4(5(7)8,6(9)10)3-14-15(11,12)13-2/h3H2,1-2H3. The molecule has 15 heavy (non-hydrogen) atoms. The molecule has 0 fully saturated rings. The highest BCUT2D eigenvalue weighted by Crippen LogP contribution is 2.12. The molecular weight excluding hydrogens is 236 g/mol. The molecule has 0 aliphatic carbocycles. The molecule has 11 heteroatoms. The monoisotopic (exact) mass is 244 g/mol. The largest absolute Gasteiger partial charge is 0.479 e. The summed E-state index contributed by atoms with van der Waals surface area (Å²) in [4.78, 5) is 18.1. The highest BCUT2D eigenvalue weighted by atomic mass is 32.3. The second kappa shape index (κ2) is 4.46. The van der Waals surface area contributed by atoms with Crippen LogP contribution in [0.5, 0.6) is 0 Å². The minimum atomic E-state index is -4.43. The summed E-state index contributed by atoms with van der Waals surface area (Å²) in [6, 6.07) is 0. The minimum Gasteiger partial charge on any atom is -0.258 e. The van der Waals surface area contributed by atoms with E-state index in [2.05, 4.69) is 8.37 Å². The maximum atomic E-state index is 10.6. The molecule has 0 spiro atoms. The molecular formula is C4H8N2O8S. The number of hydrogen-bond donors (Lipinski definition) is 0. The van der Waals surface area contributed by atoms with E-state index in [0.29, 0.717) is 6.92 Å². The molecule has 0 rings (SSSR count). The van der Waals surface area contributed by atoms with Gasteiger partial charge >= 0.3 is 16.1 Å². The molecule has 0 aromatic carbocycles. The van der Waals surface area contributed by atoms with Crippen molar-refractivity contribution in [1.82, 2.24) is 0 Å². The van der Waals surface area contributed by atoms with Crippen LogP contribution in [0, 0.1) is 20.2 Å². The normalized spacial score (nSPS) is 12.4. The van der Waals surface area contributed by atoms with Crippen molar-refractivity contribution < 1.29 is 26.6 Å². The van der Waals surface area contributed by atoms with Crippen molar-refractivity contribution in [3.63, 3.8) is 0 Å². The Bertz CT molecular complexity index is 347. The highest BCUT2D eigenvalue weighted by Gasteiger charge is 2.52. The highest BCUT2D eigenvalue weighted by molar-refractivity contribution is 7.81. The Kier molecular flexibility index (Phi) is 4.06. The van der Waals surface area contributed by atoms with Gasteiger partial charge in [0.15, 0.2) is 0 Å². The predicted molar refractivity (Wildman–Crippen MR) is 44.3 cm³/mol. The van der Waals surface area contributed by atoms with E-state index < -0.39 is 32.5 Å². The van der Waals surface area contributed by atoms with Crippen LogP contribution in [0.15, 0.2) is 0 Å². The van der Waals surface area contributed by atoms with E-state index in [9.17, 15) is 28.6 Å². The molecule has 0 saturated carbocycles. The van der Waals surface area contributed by atoms with Gasteiger partial charge in [0.2, 0.25) is 6.61 Å². The molecule has 88 valence electrons.